The van der Waals surface area contributed by atoms with E-state index in [1.165, 1.54) is 0 Å². The van der Waals surface area contributed by atoms with Crippen LogP contribution in [0.3, 0.4) is 0 Å². The number of nitrogens with one attached hydrogen (secondary N) is 1. The highest BCUT2D eigenvalue weighted by Gasteiger charge is 2.29. The highest BCUT2D eigenvalue weighted by atomic mass is 16.5. The van der Waals surface area contributed by atoms with Crippen molar-refractivity contribution in [2.45, 2.75) is 65.0 Å². The third-order valence-electron chi connectivity index (χ3n) is 4.34. The second-order valence-corrected chi connectivity index (χ2v) is 6.19. The molecule has 1 fully saturated rings. The molecule has 112 valence electrons. The lowest BCUT2D eigenvalue weighted by Gasteiger charge is -2.33. The van der Waals surface area contributed by atoms with E-state index in [-0.39, 0.29) is 17.8 Å². The van der Waals surface area contributed by atoms with E-state index in [2.05, 4.69) is 5.32 Å². The van der Waals surface area contributed by atoms with Crippen molar-refractivity contribution in [2.75, 3.05) is 13.2 Å². The molecule has 0 aliphatic heterocycles. The second kappa shape index (κ2) is 7.25. The first-order chi connectivity index (χ1) is 8.86. The predicted molar refractivity (Wildman–Crippen MR) is 75.8 cm³/mol. The lowest BCUT2D eigenvalue weighted by Crippen LogP contribution is -2.47. The first-order valence-corrected chi connectivity index (χ1v) is 7.49. The Kier molecular flexibility index (Phi) is 6.27. The number of aliphatic hydroxyl groups is 1. The summed E-state index contributed by atoms with van der Waals surface area (Å²) in [6.07, 6.45) is 3.75. The maximum atomic E-state index is 11.6. The van der Waals surface area contributed by atoms with Gasteiger partial charge in [-0.05, 0) is 45.4 Å². The van der Waals surface area contributed by atoms with Crippen molar-refractivity contribution in [3.8, 4) is 0 Å². The number of hydrogen-bond acceptors (Lipinski definition) is 4. The molecular formula is C15H29NO3. The van der Waals surface area contributed by atoms with Gasteiger partial charge in [-0.2, -0.15) is 0 Å². The smallest absolute Gasteiger partial charge is 0.308 e. The van der Waals surface area contributed by atoms with Crippen LogP contribution in [0.1, 0.15) is 53.4 Å². The Hall–Kier alpha value is -0.610. The SMILES string of the molecule is CCOC(=O)C1CCC(NCC(C)(O)C(C)C)CC1. The van der Waals surface area contributed by atoms with Gasteiger partial charge in [-0.1, -0.05) is 13.8 Å². The molecule has 0 heterocycles. The molecule has 19 heavy (non-hydrogen) atoms. The lowest BCUT2D eigenvalue weighted by atomic mass is 9.85. The molecule has 0 aromatic rings. The Bertz CT molecular complexity index is 281. The van der Waals surface area contributed by atoms with Crippen LogP contribution in [0.15, 0.2) is 0 Å². The van der Waals surface area contributed by atoms with E-state index >= 15 is 0 Å². The van der Waals surface area contributed by atoms with Gasteiger partial charge >= 0.3 is 5.97 Å². The number of hydrogen-bond donors (Lipinski definition) is 2. The van der Waals surface area contributed by atoms with Crippen molar-refractivity contribution in [3.05, 3.63) is 0 Å². The molecule has 1 saturated carbocycles. The van der Waals surface area contributed by atoms with Gasteiger partial charge in [-0.25, -0.2) is 0 Å². The molecule has 4 heteroatoms. The Labute approximate surface area is 116 Å². The molecule has 1 aliphatic carbocycles. The van der Waals surface area contributed by atoms with E-state index in [9.17, 15) is 9.90 Å². The van der Waals surface area contributed by atoms with Gasteiger partial charge in [0, 0.05) is 12.6 Å². The fourth-order valence-corrected chi connectivity index (χ4v) is 2.35. The summed E-state index contributed by atoms with van der Waals surface area (Å²) in [5, 5.41) is 13.6. The minimum Gasteiger partial charge on any atom is -0.466 e. The van der Waals surface area contributed by atoms with Crippen molar-refractivity contribution in [1.29, 1.82) is 0 Å². The van der Waals surface area contributed by atoms with Gasteiger partial charge in [0.25, 0.3) is 0 Å². The van der Waals surface area contributed by atoms with E-state index in [0.717, 1.165) is 25.7 Å². The van der Waals surface area contributed by atoms with Gasteiger partial charge < -0.3 is 15.2 Å². The highest BCUT2D eigenvalue weighted by molar-refractivity contribution is 5.72. The normalized spacial score (nSPS) is 27.1. The fraction of sp³-hybridized carbons (Fsp3) is 0.933. The number of carbonyl (C=O) groups is 1. The zero-order chi connectivity index (χ0) is 14.5. The molecule has 1 atom stereocenters. The standard InChI is InChI=1S/C15H29NO3/c1-5-19-14(17)12-6-8-13(9-7-12)16-10-15(4,18)11(2)3/h11-13,16,18H,5-10H2,1-4H3. The van der Waals surface area contributed by atoms with Crippen molar-refractivity contribution in [1.82, 2.24) is 5.32 Å². The minimum absolute atomic E-state index is 0.0462. The lowest BCUT2D eigenvalue weighted by molar-refractivity contribution is -0.149. The van der Waals surface area contributed by atoms with Crippen molar-refractivity contribution in [3.63, 3.8) is 0 Å². The van der Waals surface area contributed by atoms with Crippen LogP contribution in [-0.2, 0) is 9.53 Å². The average Bonchev–Trinajstić information content (AvgIpc) is 2.37. The molecular weight excluding hydrogens is 242 g/mol. The number of carbonyl (C=O) groups excluding carboxylic acids is 1. The van der Waals surface area contributed by atoms with E-state index in [4.69, 9.17) is 4.74 Å². The molecule has 4 nitrogen and oxygen atoms in total. The van der Waals surface area contributed by atoms with Crippen molar-refractivity contribution >= 4 is 5.97 Å². The summed E-state index contributed by atoms with van der Waals surface area (Å²) >= 11 is 0. The summed E-state index contributed by atoms with van der Waals surface area (Å²) in [6.45, 7) is 8.85. The first kappa shape index (κ1) is 16.4. The molecule has 1 rings (SSSR count). The zero-order valence-electron chi connectivity index (χ0n) is 12.7. The third-order valence-corrected chi connectivity index (χ3v) is 4.34. The molecule has 1 aliphatic rings. The van der Waals surface area contributed by atoms with Crippen LogP contribution in [0, 0.1) is 11.8 Å². The van der Waals surface area contributed by atoms with Crippen LogP contribution in [-0.4, -0.2) is 35.9 Å². The Balaban J connectivity index is 2.29. The van der Waals surface area contributed by atoms with Gasteiger partial charge in [0.15, 0.2) is 0 Å². The molecule has 0 saturated heterocycles. The van der Waals surface area contributed by atoms with Crippen LogP contribution >= 0.6 is 0 Å². The van der Waals surface area contributed by atoms with Gasteiger partial charge in [0.2, 0.25) is 0 Å². The summed E-state index contributed by atoms with van der Waals surface area (Å²) < 4.78 is 5.06. The Morgan fingerprint density at radius 1 is 1.37 bits per heavy atom. The molecule has 0 spiro atoms. The molecule has 0 amide bonds. The van der Waals surface area contributed by atoms with Crippen LogP contribution in [0.4, 0.5) is 0 Å². The largest absolute Gasteiger partial charge is 0.466 e. The Morgan fingerprint density at radius 2 is 1.95 bits per heavy atom. The van der Waals surface area contributed by atoms with Crippen LogP contribution in [0.5, 0.6) is 0 Å². The molecule has 2 N–H and O–H groups in total. The van der Waals surface area contributed by atoms with Gasteiger partial charge in [-0.15, -0.1) is 0 Å². The monoisotopic (exact) mass is 271 g/mol. The van der Waals surface area contributed by atoms with Gasteiger partial charge in [0.05, 0.1) is 18.1 Å². The quantitative estimate of drug-likeness (QED) is 0.726. The topological polar surface area (TPSA) is 58.6 Å². The maximum absolute atomic E-state index is 11.6. The maximum Gasteiger partial charge on any atom is 0.308 e. The third kappa shape index (κ3) is 5.11. The predicted octanol–water partition coefficient (Wildman–Crippen LogP) is 2.10. The number of rotatable bonds is 6. The van der Waals surface area contributed by atoms with Crippen LogP contribution < -0.4 is 5.32 Å². The zero-order valence-corrected chi connectivity index (χ0v) is 12.7. The number of esters is 1. The molecule has 0 radical (unpaired) electrons. The molecule has 0 aromatic carbocycles. The molecule has 1 unspecified atom stereocenters. The Morgan fingerprint density at radius 3 is 2.42 bits per heavy atom. The van der Waals surface area contributed by atoms with Crippen molar-refractivity contribution in [2.24, 2.45) is 11.8 Å². The van der Waals surface area contributed by atoms with E-state index < -0.39 is 5.60 Å². The van der Waals surface area contributed by atoms with Crippen molar-refractivity contribution < 1.29 is 14.6 Å². The summed E-state index contributed by atoms with van der Waals surface area (Å²) in [7, 11) is 0. The van der Waals surface area contributed by atoms with Gasteiger partial charge in [-0.3, -0.25) is 4.79 Å². The van der Waals surface area contributed by atoms with Crippen LogP contribution in [0.25, 0.3) is 0 Å². The average molecular weight is 271 g/mol. The van der Waals surface area contributed by atoms with Crippen LogP contribution in [0.2, 0.25) is 0 Å². The van der Waals surface area contributed by atoms with E-state index in [1.54, 1.807) is 0 Å². The summed E-state index contributed by atoms with van der Waals surface area (Å²) in [5.41, 5.74) is -0.669. The minimum atomic E-state index is -0.669. The second-order valence-electron chi connectivity index (χ2n) is 6.19. The summed E-state index contributed by atoms with van der Waals surface area (Å²) in [4.78, 5) is 11.6. The fourth-order valence-electron chi connectivity index (χ4n) is 2.35. The summed E-state index contributed by atoms with van der Waals surface area (Å²) in [6, 6.07) is 0.413. The molecule has 0 aromatic heterocycles. The number of ether oxygens (including phenoxy) is 1. The first-order valence-electron chi connectivity index (χ1n) is 7.49. The highest BCUT2D eigenvalue weighted by Crippen LogP contribution is 2.26. The molecule has 0 bridgehead atoms. The van der Waals surface area contributed by atoms with Gasteiger partial charge in [0.1, 0.15) is 0 Å². The summed E-state index contributed by atoms with van der Waals surface area (Å²) in [5.74, 6) is 0.259. The van der Waals surface area contributed by atoms with E-state index in [0.29, 0.717) is 19.2 Å². The van der Waals surface area contributed by atoms with E-state index in [1.807, 2.05) is 27.7 Å².